The summed E-state index contributed by atoms with van der Waals surface area (Å²) < 4.78 is 2.68. The highest BCUT2D eigenvalue weighted by Crippen LogP contribution is 2.46. The Morgan fingerprint density at radius 1 is 0.349 bits per heavy atom. The predicted octanol–water partition coefficient (Wildman–Crippen LogP) is 17.8. The topological polar surface area (TPSA) is 0 Å². The van der Waals surface area contributed by atoms with Crippen LogP contribution < -0.4 is 0 Å². The summed E-state index contributed by atoms with van der Waals surface area (Å²) in [7, 11) is 0. The van der Waals surface area contributed by atoms with E-state index in [1.165, 1.54) is 141 Å². The van der Waals surface area contributed by atoms with Gasteiger partial charge in [-0.1, -0.05) is 188 Å². The molecule has 2 aliphatic carbocycles. The standard InChI is InChI=1S/C62H38S/c1-2-7-57-52(6-1)56-36-48(28-35-58(56)63-57)51-31-24-47-26-33-54-50(30-23-46-27-34-55(51)62(47)61(46)54)42-18-14-40(15-19-42)38-10-8-37(9-11-38)39-12-16-41(17-13-39)49-29-22-45-21-20-43-4-3-5-44-25-32-53(49)60(45)59(43)44/h1-3,5-20,22-36H,4,21H2. The Labute approximate surface area is 369 Å². The second kappa shape index (κ2) is 13.5. The Morgan fingerprint density at radius 3 is 1.51 bits per heavy atom. The third-order valence-corrected chi connectivity index (χ3v) is 15.3. The van der Waals surface area contributed by atoms with Crippen LogP contribution in [0.25, 0.3) is 131 Å². The number of benzene rings is 11. The lowest BCUT2D eigenvalue weighted by molar-refractivity contribution is 1.23. The van der Waals surface area contributed by atoms with E-state index in [-0.39, 0.29) is 0 Å². The molecular formula is C62H38S. The lowest BCUT2D eigenvalue weighted by atomic mass is 9.80. The minimum absolute atomic E-state index is 1.02. The molecule has 292 valence electrons. The quantitative estimate of drug-likeness (QED) is 0.152. The van der Waals surface area contributed by atoms with Crippen LogP contribution in [0.4, 0.5) is 0 Å². The van der Waals surface area contributed by atoms with Gasteiger partial charge in [-0.15, -0.1) is 11.3 Å². The highest BCUT2D eigenvalue weighted by Gasteiger charge is 2.22. The summed E-state index contributed by atoms with van der Waals surface area (Å²) in [6.45, 7) is 0. The fraction of sp³-hybridized carbons (Fsp3) is 0.0323. The van der Waals surface area contributed by atoms with E-state index in [4.69, 9.17) is 0 Å². The second-order valence-corrected chi connectivity index (χ2v) is 18.5. The molecule has 0 amide bonds. The van der Waals surface area contributed by atoms with Crippen molar-refractivity contribution in [3.63, 3.8) is 0 Å². The molecule has 0 fully saturated rings. The monoisotopic (exact) mass is 814 g/mol. The molecule has 14 rings (SSSR count). The molecule has 0 unspecified atom stereocenters. The summed E-state index contributed by atoms with van der Waals surface area (Å²) >= 11 is 1.88. The third-order valence-electron chi connectivity index (χ3n) is 14.1. The molecule has 1 heteroatoms. The zero-order valence-corrected chi connectivity index (χ0v) is 35.3. The molecule has 0 aliphatic heterocycles. The molecule has 1 heterocycles. The van der Waals surface area contributed by atoms with Crippen LogP contribution in [-0.4, -0.2) is 0 Å². The van der Waals surface area contributed by atoms with Crippen LogP contribution in [0.2, 0.25) is 0 Å². The Bertz CT molecular complexity index is 3910. The summed E-state index contributed by atoms with van der Waals surface area (Å²) in [4.78, 5) is 0. The van der Waals surface area contributed by atoms with Crippen LogP contribution in [0.5, 0.6) is 0 Å². The van der Waals surface area contributed by atoms with Gasteiger partial charge < -0.3 is 0 Å². The number of thiophene rings is 1. The van der Waals surface area contributed by atoms with Crippen molar-refractivity contribution in [3.05, 3.63) is 217 Å². The maximum Gasteiger partial charge on any atom is 0.0355 e. The van der Waals surface area contributed by atoms with Gasteiger partial charge in [-0.3, -0.25) is 0 Å². The predicted molar refractivity (Wildman–Crippen MR) is 273 cm³/mol. The maximum atomic E-state index is 2.43. The zero-order chi connectivity index (χ0) is 41.2. The molecule has 0 N–H and O–H groups in total. The highest BCUT2D eigenvalue weighted by atomic mass is 32.1. The van der Waals surface area contributed by atoms with Crippen LogP contribution in [0.1, 0.15) is 23.1 Å². The maximum absolute atomic E-state index is 2.43. The van der Waals surface area contributed by atoms with Gasteiger partial charge in [-0.2, -0.15) is 0 Å². The SMILES string of the molecule is C1=Cc2ccc3c(-c4ccc(-c5ccc(-c6ccc(-c7ccc8ccc9c(-c%10ccc%11sc%12ccccc%12c%11c%10)ccc%10ccc7c8c%109)cc6)cc5)cc4)ccc4c3c2C(=CC4)C1. The number of hydrogen-bond donors (Lipinski definition) is 0. The van der Waals surface area contributed by atoms with Crippen molar-refractivity contribution in [2.45, 2.75) is 12.8 Å². The number of allylic oxidation sites excluding steroid dienone is 3. The minimum atomic E-state index is 1.02. The van der Waals surface area contributed by atoms with Gasteiger partial charge in [-0.25, -0.2) is 0 Å². The van der Waals surface area contributed by atoms with E-state index >= 15 is 0 Å². The molecule has 0 saturated heterocycles. The average Bonchev–Trinajstić information content (AvgIpc) is 3.73. The van der Waals surface area contributed by atoms with E-state index < -0.39 is 0 Å². The van der Waals surface area contributed by atoms with E-state index in [0.717, 1.165) is 12.8 Å². The Morgan fingerprint density at radius 2 is 0.857 bits per heavy atom. The van der Waals surface area contributed by atoms with Crippen molar-refractivity contribution >= 4 is 86.2 Å². The first kappa shape index (κ1) is 35.1. The summed E-state index contributed by atoms with van der Waals surface area (Å²) in [6, 6.07) is 70.9. The minimum Gasteiger partial charge on any atom is -0.135 e. The van der Waals surface area contributed by atoms with Crippen molar-refractivity contribution in [1.29, 1.82) is 0 Å². The summed E-state index contributed by atoms with van der Waals surface area (Å²) in [5.74, 6) is 0. The van der Waals surface area contributed by atoms with Gasteiger partial charge in [0.05, 0.1) is 0 Å². The van der Waals surface area contributed by atoms with Crippen molar-refractivity contribution in [2.75, 3.05) is 0 Å². The van der Waals surface area contributed by atoms with Gasteiger partial charge in [0.2, 0.25) is 0 Å². The third kappa shape index (κ3) is 5.34. The molecule has 12 aromatic rings. The van der Waals surface area contributed by atoms with Gasteiger partial charge in [0.15, 0.2) is 0 Å². The van der Waals surface area contributed by atoms with Gasteiger partial charge in [0.1, 0.15) is 0 Å². The molecular weight excluding hydrogens is 777 g/mol. The van der Waals surface area contributed by atoms with Crippen LogP contribution in [0.15, 0.2) is 200 Å². The fourth-order valence-electron chi connectivity index (χ4n) is 11.0. The van der Waals surface area contributed by atoms with Gasteiger partial charge in [0.25, 0.3) is 0 Å². The number of fused-ring (bicyclic) bond motifs is 3. The van der Waals surface area contributed by atoms with Crippen molar-refractivity contribution in [2.24, 2.45) is 0 Å². The lowest BCUT2D eigenvalue weighted by Crippen LogP contribution is -2.03. The van der Waals surface area contributed by atoms with E-state index in [1.54, 1.807) is 0 Å². The van der Waals surface area contributed by atoms with Gasteiger partial charge in [0, 0.05) is 20.2 Å². The van der Waals surface area contributed by atoms with Crippen LogP contribution in [0, 0.1) is 0 Å². The Hall–Kier alpha value is -7.58. The Balaban J connectivity index is 0.764. The van der Waals surface area contributed by atoms with Crippen molar-refractivity contribution in [1.82, 2.24) is 0 Å². The van der Waals surface area contributed by atoms with Crippen LogP contribution in [-0.2, 0) is 6.42 Å². The van der Waals surface area contributed by atoms with Crippen LogP contribution >= 0.6 is 11.3 Å². The second-order valence-electron chi connectivity index (χ2n) is 17.5. The largest absolute Gasteiger partial charge is 0.135 e. The smallest absolute Gasteiger partial charge is 0.0355 e. The molecule has 0 bridgehead atoms. The van der Waals surface area contributed by atoms with Crippen molar-refractivity contribution in [3.8, 4) is 55.6 Å². The molecule has 0 radical (unpaired) electrons. The van der Waals surface area contributed by atoms with Crippen LogP contribution in [0.3, 0.4) is 0 Å². The summed E-state index contributed by atoms with van der Waals surface area (Å²) in [5, 5.41) is 13.3. The first-order valence-corrected chi connectivity index (χ1v) is 22.9. The van der Waals surface area contributed by atoms with Crippen molar-refractivity contribution < 1.29 is 0 Å². The highest BCUT2D eigenvalue weighted by molar-refractivity contribution is 7.25. The molecule has 2 aliphatic rings. The lowest BCUT2D eigenvalue weighted by Gasteiger charge is -2.24. The Kier molecular flexibility index (Phi) is 7.49. The molecule has 63 heavy (non-hydrogen) atoms. The fourth-order valence-corrected chi connectivity index (χ4v) is 12.1. The van der Waals surface area contributed by atoms with E-state index in [9.17, 15) is 0 Å². The molecule has 0 atom stereocenters. The first-order chi connectivity index (χ1) is 31.2. The van der Waals surface area contributed by atoms with E-state index in [1.807, 2.05) is 11.3 Å². The summed E-state index contributed by atoms with van der Waals surface area (Å²) in [6.07, 6.45) is 9.07. The molecule has 0 spiro atoms. The zero-order valence-electron chi connectivity index (χ0n) is 34.5. The normalized spacial score (nSPS) is 13.3. The summed E-state index contributed by atoms with van der Waals surface area (Å²) in [5.41, 5.74) is 18.2. The number of rotatable bonds is 5. The van der Waals surface area contributed by atoms with E-state index in [2.05, 4.69) is 206 Å². The molecule has 11 aromatic carbocycles. The van der Waals surface area contributed by atoms with Gasteiger partial charge >= 0.3 is 0 Å². The molecule has 0 saturated carbocycles. The molecule has 1 aromatic heterocycles. The van der Waals surface area contributed by atoms with E-state index in [0.29, 0.717) is 0 Å². The molecule has 0 nitrogen and oxygen atoms in total. The first-order valence-electron chi connectivity index (χ1n) is 22.1. The van der Waals surface area contributed by atoms with Gasteiger partial charge in [-0.05, 0) is 152 Å². The number of hydrogen-bond acceptors (Lipinski definition) is 1. The average molecular weight is 815 g/mol.